The molecule has 2 aliphatic rings. The van der Waals surface area contributed by atoms with Crippen molar-refractivity contribution in [2.45, 2.75) is 26.0 Å². The van der Waals surface area contributed by atoms with Crippen LogP contribution in [0.2, 0.25) is 0 Å². The maximum atomic E-state index is 11.4. The number of rotatable bonds is 4. The third kappa shape index (κ3) is 4.16. The number of nitrogens with one attached hydrogen (secondary N) is 1. The van der Waals surface area contributed by atoms with Crippen molar-refractivity contribution in [1.82, 2.24) is 0 Å². The summed E-state index contributed by atoms with van der Waals surface area (Å²) in [4.78, 5) is 2.42. The molecule has 1 N–H and O–H groups in total. The van der Waals surface area contributed by atoms with Crippen molar-refractivity contribution in [3.05, 3.63) is 47.5 Å². The first kappa shape index (κ1) is 19.2. The Morgan fingerprint density at radius 3 is 2.57 bits per heavy atom. The van der Waals surface area contributed by atoms with Gasteiger partial charge < -0.3 is 14.4 Å². The fourth-order valence-electron chi connectivity index (χ4n) is 3.91. The molecule has 2 aromatic rings. The molecular formula is C21H26N2O4S. The van der Waals surface area contributed by atoms with Gasteiger partial charge in [-0.2, -0.15) is 0 Å². The van der Waals surface area contributed by atoms with Gasteiger partial charge in [0.05, 0.1) is 32.7 Å². The fraction of sp³-hybridized carbons (Fsp3) is 0.429. The molecule has 150 valence electrons. The van der Waals surface area contributed by atoms with E-state index >= 15 is 0 Å². The van der Waals surface area contributed by atoms with Crippen molar-refractivity contribution < 1.29 is 17.9 Å². The summed E-state index contributed by atoms with van der Waals surface area (Å²) < 4.78 is 36.7. The Morgan fingerprint density at radius 2 is 1.86 bits per heavy atom. The summed E-state index contributed by atoms with van der Waals surface area (Å²) in [7, 11) is -3.28. The molecule has 0 aliphatic carbocycles. The molecule has 0 aromatic heterocycles. The molecule has 0 spiro atoms. The molecule has 4 rings (SSSR count). The van der Waals surface area contributed by atoms with Crippen molar-refractivity contribution >= 4 is 21.4 Å². The minimum Gasteiger partial charge on any atom is -0.377 e. The summed E-state index contributed by atoms with van der Waals surface area (Å²) in [5, 5.41) is 0. The zero-order chi connectivity index (χ0) is 19.7. The zero-order valence-corrected chi connectivity index (χ0v) is 17.1. The number of nitrogens with zero attached hydrogens (tertiary/aromatic N) is 1. The van der Waals surface area contributed by atoms with Crippen LogP contribution >= 0.6 is 0 Å². The van der Waals surface area contributed by atoms with Gasteiger partial charge in [-0.3, -0.25) is 4.72 Å². The molecule has 0 radical (unpaired) electrons. The highest BCUT2D eigenvalue weighted by Gasteiger charge is 2.25. The number of hydrogen-bond donors (Lipinski definition) is 1. The van der Waals surface area contributed by atoms with E-state index < -0.39 is 10.0 Å². The standard InChI is InChI=1S/C21H26N2O4S/c1-15-13-27-10-8-23(15)21-12-18(11-17-7-9-26-14-20(17)21)16-3-5-19(6-4-16)22-28(2,24)25/h3-6,11-12,15,22H,7-10,13-14H2,1-2H3/t15-/m0/s1. The van der Waals surface area contributed by atoms with E-state index in [1.807, 2.05) is 12.1 Å². The average Bonchev–Trinajstić information content (AvgIpc) is 2.67. The highest BCUT2D eigenvalue weighted by Crippen LogP contribution is 2.36. The van der Waals surface area contributed by atoms with Gasteiger partial charge in [-0.15, -0.1) is 0 Å². The SMILES string of the molecule is C[C@H]1COCCN1c1cc(-c2ccc(NS(C)(=O)=O)cc2)cc2c1COCC2. The van der Waals surface area contributed by atoms with E-state index in [1.165, 1.54) is 16.8 Å². The summed E-state index contributed by atoms with van der Waals surface area (Å²) in [5.74, 6) is 0. The van der Waals surface area contributed by atoms with Crippen LogP contribution in [0.15, 0.2) is 36.4 Å². The Bertz CT molecular complexity index is 957. The van der Waals surface area contributed by atoms with E-state index in [-0.39, 0.29) is 0 Å². The fourth-order valence-corrected chi connectivity index (χ4v) is 4.48. The lowest BCUT2D eigenvalue weighted by molar-refractivity contribution is 0.0963. The lowest BCUT2D eigenvalue weighted by atomic mass is 9.93. The topological polar surface area (TPSA) is 67.9 Å². The Hall–Kier alpha value is -2.09. The smallest absolute Gasteiger partial charge is 0.229 e. The summed E-state index contributed by atoms with van der Waals surface area (Å²) >= 11 is 0. The van der Waals surface area contributed by atoms with Gasteiger partial charge in [-0.1, -0.05) is 18.2 Å². The molecule has 1 atom stereocenters. The molecule has 2 aromatic carbocycles. The van der Waals surface area contributed by atoms with Gasteiger partial charge in [0.25, 0.3) is 0 Å². The molecule has 0 unspecified atom stereocenters. The van der Waals surface area contributed by atoms with Gasteiger partial charge in [0.15, 0.2) is 0 Å². The Balaban J connectivity index is 1.72. The molecule has 6 nitrogen and oxygen atoms in total. The highest BCUT2D eigenvalue weighted by atomic mass is 32.2. The van der Waals surface area contributed by atoms with Gasteiger partial charge in [0, 0.05) is 29.5 Å². The second-order valence-corrected chi connectivity index (χ2v) is 9.25. The van der Waals surface area contributed by atoms with E-state index in [9.17, 15) is 8.42 Å². The molecule has 0 bridgehead atoms. The Morgan fingerprint density at radius 1 is 1.07 bits per heavy atom. The van der Waals surface area contributed by atoms with Crippen LogP contribution in [0.25, 0.3) is 11.1 Å². The molecule has 0 saturated carbocycles. The quantitative estimate of drug-likeness (QED) is 0.852. The summed E-state index contributed by atoms with van der Waals surface area (Å²) in [6.45, 7) is 5.90. The first-order valence-corrected chi connectivity index (χ1v) is 11.5. The van der Waals surface area contributed by atoms with Crippen LogP contribution < -0.4 is 9.62 Å². The van der Waals surface area contributed by atoms with Crippen molar-refractivity contribution in [2.75, 3.05) is 42.2 Å². The lowest BCUT2D eigenvalue weighted by Gasteiger charge is -2.38. The van der Waals surface area contributed by atoms with Crippen molar-refractivity contribution in [2.24, 2.45) is 0 Å². The Labute approximate surface area is 166 Å². The Kier molecular flexibility index (Phi) is 5.31. The van der Waals surface area contributed by atoms with E-state index in [4.69, 9.17) is 9.47 Å². The molecule has 7 heteroatoms. The van der Waals surface area contributed by atoms with E-state index in [2.05, 4.69) is 28.7 Å². The maximum Gasteiger partial charge on any atom is 0.229 e. The van der Waals surface area contributed by atoms with E-state index in [0.717, 1.165) is 50.2 Å². The zero-order valence-electron chi connectivity index (χ0n) is 16.3. The number of benzene rings is 2. The molecule has 28 heavy (non-hydrogen) atoms. The first-order valence-electron chi connectivity index (χ1n) is 9.57. The third-order valence-electron chi connectivity index (χ3n) is 5.28. The van der Waals surface area contributed by atoms with Crippen LogP contribution in [-0.2, 0) is 32.5 Å². The predicted octanol–water partition coefficient (Wildman–Crippen LogP) is 3.02. The summed E-state index contributed by atoms with van der Waals surface area (Å²) in [5.41, 5.74) is 6.60. The number of sulfonamides is 1. The number of morpholine rings is 1. The molecule has 2 heterocycles. The number of fused-ring (bicyclic) bond motifs is 1. The van der Waals surface area contributed by atoms with Crippen LogP contribution in [0.4, 0.5) is 11.4 Å². The van der Waals surface area contributed by atoms with Crippen LogP contribution in [-0.4, -0.2) is 47.1 Å². The predicted molar refractivity (Wildman–Crippen MR) is 111 cm³/mol. The lowest BCUT2D eigenvalue weighted by Crippen LogP contribution is -2.44. The van der Waals surface area contributed by atoms with Crippen LogP contribution in [0.5, 0.6) is 0 Å². The van der Waals surface area contributed by atoms with Crippen LogP contribution in [0.3, 0.4) is 0 Å². The first-order chi connectivity index (χ1) is 13.4. The monoisotopic (exact) mass is 402 g/mol. The van der Waals surface area contributed by atoms with E-state index in [0.29, 0.717) is 18.3 Å². The van der Waals surface area contributed by atoms with E-state index in [1.54, 1.807) is 12.1 Å². The van der Waals surface area contributed by atoms with Crippen molar-refractivity contribution in [1.29, 1.82) is 0 Å². The molecule has 1 fully saturated rings. The minimum absolute atomic E-state index is 0.316. The number of ether oxygens (including phenoxy) is 2. The van der Waals surface area contributed by atoms with Crippen molar-refractivity contribution in [3.8, 4) is 11.1 Å². The number of anilines is 2. The molecule has 2 aliphatic heterocycles. The second kappa shape index (κ2) is 7.73. The molecule has 0 amide bonds. The normalized spacial score (nSPS) is 19.9. The summed E-state index contributed by atoms with van der Waals surface area (Å²) in [6.07, 6.45) is 2.06. The second-order valence-electron chi connectivity index (χ2n) is 7.50. The van der Waals surface area contributed by atoms with Gasteiger partial charge in [-0.05, 0) is 48.2 Å². The average molecular weight is 403 g/mol. The van der Waals surface area contributed by atoms with Crippen LogP contribution in [0.1, 0.15) is 18.1 Å². The van der Waals surface area contributed by atoms with Gasteiger partial charge in [-0.25, -0.2) is 8.42 Å². The minimum atomic E-state index is -3.28. The van der Waals surface area contributed by atoms with Crippen LogP contribution in [0, 0.1) is 0 Å². The molecular weight excluding hydrogens is 376 g/mol. The maximum absolute atomic E-state index is 11.4. The van der Waals surface area contributed by atoms with Gasteiger partial charge in [0.2, 0.25) is 10.0 Å². The van der Waals surface area contributed by atoms with Gasteiger partial charge in [0.1, 0.15) is 0 Å². The number of hydrogen-bond acceptors (Lipinski definition) is 5. The van der Waals surface area contributed by atoms with Crippen molar-refractivity contribution in [3.63, 3.8) is 0 Å². The van der Waals surface area contributed by atoms with Gasteiger partial charge >= 0.3 is 0 Å². The summed E-state index contributed by atoms with van der Waals surface area (Å²) in [6, 6.07) is 12.3. The molecule has 1 saturated heterocycles. The highest BCUT2D eigenvalue weighted by molar-refractivity contribution is 7.92. The largest absolute Gasteiger partial charge is 0.377 e. The third-order valence-corrected chi connectivity index (χ3v) is 5.89.